The molecule has 0 aliphatic carbocycles. The molecule has 0 aliphatic heterocycles. The highest BCUT2D eigenvalue weighted by atomic mass is 16.5. The molecule has 1 N–H and O–H groups in total. The molecule has 5 heteroatoms. The van der Waals surface area contributed by atoms with Crippen LogP contribution in [-0.4, -0.2) is 38.1 Å². The molecule has 0 amide bonds. The number of esters is 1. The number of Topliss-reactive ketones (excluding diaryl/α,β-unsaturated/α-hetero) is 1. The third kappa shape index (κ3) is 5.36. The standard InChI is InChI=1S/C18H27NO4/c1-6-8-19-15(11-16(20)23-7-2)18(21)17-12(3)9-14(22-5)10-13(17)4/h9-10,15,19H,6-8,11H2,1-5H3. The molecule has 128 valence electrons. The van der Waals surface area contributed by atoms with E-state index in [-0.39, 0.29) is 18.2 Å². The van der Waals surface area contributed by atoms with Crippen molar-refractivity contribution in [3.8, 4) is 5.75 Å². The highest BCUT2D eigenvalue weighted by molar-refractivity contribution is 6.04. The van der Waals surface area contributed by atoms with Crippen LogP contribution >= 0.6 is 0 Å². The van der Waals surface area contributed by atoms with E-state index in [1.54, 1.807) is 14.0 Å². The van der Waals surface area contributed by atoms with Gasteiger partial charge in [0.15, 0.2) is 5.78 Å². The molecule has 0 aromatic heterocycles. The van der Waals surface area contributed by atoms with Crippen LogP contribution in [0.15, 0.2) is 12.1 Å². The zero-order valence-electron chi connectivity index (χ0n) is 14.7. The number of ether oxygens (including phenoxy) is 2. The fraction of sp³-hybridized carbons (Fsp3) is 0.556. The van der Waals surface area contributed by atoms with Gasteiger partial charge in [-0.05, 0) is 57.0 Å². The normalized spacial score (nSPS) is 11.9. The van der Waals surface area contributed by atoms with Gasteiger partial charge in [-0.1, -0.05) is 6.92 Å². The molecular weight excluding hydrogens is 294 g/mol. The number of aryl methyl sites for hydroxylation is 2. The van der Waals surface area contributed by atoms with Gasteiger partial charge in [0.05, 0.1) is 26.2 Å². The number of carbonyl (C=O) groups is 2. The maximum atomic E-state index is 12.9. The molecule has 0 radical (unpaired) electrons. The summed E-state index contributed by atoms with van der Waals surface area (Å²) in [5, 5.41) is 3.16. The first kappa shape index (κ1) is 19.2. The van der Waals surface area contributed by atoms with E-state index < -0.39 is 6.04 Å². The minimum atomic E-state index is -0.570. The Kier molecular flexibility index (Phi) is 7.75. The van der Waals surface area contributed by atoms with Crippen LogP contribution in [0.3, 0.4) is 0 Å². The molecule has 0 fully saturated rings. The minimum Gasteiger partial charge on any atom is -0.497 e. The molecule has 1 aromatic carbocycles. The largest absolute Gasteiger partial charge is 0.497 e. The van der Waals surface area contributed by atoms with E-state index in [4.69, 9.17) is 9.47 Å². The molecule has 23 heavy (non-hydrogen) atoms. The molecule has 1 atom stereocenters. The predicted octanol–water partition coefficient (Wildman–Crippen LogP) is 2.82. The third-order valence-electron chi connectivity index (χ3n) is 3.62. The molecule has 0 saturated carbocycles. The number of rotatable bonds is 9. The van der Waals surface area contributed by atoms with Crippen molar-refractivity contribution in [1.29, 1.82) is 0 Å². The first-order valence-corrected chi connectivity index (χ1v) is 8.03. The Labute approximate surface area is 138 Å². The number of benzene rings is 1. The number of hydrogen-bond acceptors (Lipinski definition) is 5. The van der Waals surface area contributed by atoms with Gasteiger partial charge in [0.1, 0.15) is 5.75 Å². The van der Waals surface area contributed by atoms with E-state index >= 15 is 0 Å². The van der Waals surface area contributed by atoms with Crippen molar-refractivity contribution in [2.45, 2.75) is 46.6 Å². The van der Waals surface area contributed by atoms with Crippen molar-refractivity contribution in [2.75, 3.05) is 20.3 Å². The van der Waals surface area contributed by atoms with Crippen molar-refractivity contribution in [1.82, 2.24) is 5.32 Å². The van der Waals surface area contributed by atoms with Crippen LogP contribution in [0.25, 0.3) is 0 Å². The molecule has 0 aliphatic rings. The molecule has 0 heterocycles. The Morgan fingerprint density at radius 2 is 1.78 bits per heavy atom. The van der Waals surface area contributed by atoms with Gasteiger partial charge in [-0.3, -0.25) is 9.59 Å². The van der Waals surface area contributed by atoms with Crippen molar-refractivity contribution in [3.63, 3.8) is 0 Å². The van der Waals surface area contributed by atoms with Gasteiger partial charge in [0.25, 0.3) is 0 Å². The Morgan fingerprint density at radius 1 is 1.17 bits per heavy atom. The van der Waals surface area contributed by atoms with Gasteiger partial charge >= 0.3 is 5.97 Å². The molecule has 1 rings (SSSR count). The SMILES string of the molecule is CCCNC(CC(=O)OCC)C(=O)c1c(C)cc(OC)cc1C. The molecular formula is C18H27NO4. The lowest BCUT2D eigenvalue weighted by Crippen LogP contribution is -2.40. The van der Waals surface area contributed by atoms with Crippen molar-refractivity contribution >= 4 is 11.8 Å². The fourth-order valence-corrected chi connectivity index (χ4v) is 2.57. The summed E-state index contributed by atoms with van der Waals surface area (Å²) < 4.78 is 10.2. The van der Waals surface area contributed by atoms with Crippen LogP contribution in [0, 0.1) is 13.8 Å². The lowest BCUT2D eigenvalue weighted by atomic mass is 9.93. The van der Waals surface area contributed by atoms with Crippen LogP contribution in [0.5, 0.6) is 5.75 Å². The van der Waals surface area contributed by atoms with Gasteiger partial charge < -0.3 is 14.8 Å². The van der Waals surface area contributed by atoms with Crippen LogP contribution in [-0.2, 0) is 9.53 Å². The van der Waals surface area contributed by atoms with Crippen LogP contribution < -0.4 is 10.1 Å². The zero-order valence-corrected chi connectivity index (χ0v) is 14.7. The summed E-state index contributed by atoms with van der Waals surface area (Å²) in [7, 11) is 1.60. The maximum Gasteiger partial charge on any atom is 0.307 e. The average Bonchev–Trinajstić information content (AvgIpc) is 2.50. The van der Waals surface area contributed by atoms with E-state index in [0.717, 1.165) is 23.3 Å². The number of hydrogen-bond donors (Lipinski definition) is 1. The van der Waals surface area contributed by atoms with Crippen LogP contribution in [0.4, 0.5) is 0 Å². The summed E-state index contributed by atoms with van der Waals surface area (Å²) in [6.45, 7) is 8.51. The van der Waals surface area contributed by atoms with E-state index in [9.17, 15) is 9.59 Å². The zero-order chi connectivity index (χ0) is 17.4. The highest BCUT2D eigenvalue weighted by Crippen LogP contribution is 2.23. The molecule has 5 nitrogen and oxygen atoms in total. The Balaban J connectivity index is 3.06. The first-order chi connectivity index (χ1) is 10.9. The van der Waals surface area contributed by atoms with Gasteiger partial charge in [-0.25, -0.2) is 0 Å². The average molecular weight is 321 g/mol. The Bertz CT molecular complexity index is 531. The lowest BCUT2D eigenvalue weighted by molar-refractivity contribution is -0.143. The summed E-state index contributed by atoms with van der Waals surface area (Å²) in [5.74, 6) is 0.280. The topological polar surface area (TPSA) is 64.6 Å². The van der Waals surface area contributed by atoms with E-state index in [2.05, 4.69) is 5.32 Å². The van der Waals surface area contributed by atoms with Crippen molar-refractivity contribution < 1.29 is 19.1 Å². The second-order valence-corrected chi connectivity index (χ2v) is 5.52. The molecule has 0 saturated heterocycles. The summed E-state index contributed by atoms with van der Waals surface area (Å²) in [6.07, 6.45) is 0.921. The van der Waals surface area contributed by atoms with Crippen molar-refractivity contribution in [2.24, 2.45) is 0 Å². The lowest BCUT2D eigenvalue weighted by Gasteiger charge is -2.19. The van der Waals surface area contributed by atoms with Gasteiger partial charge in [-0.2, -0.15) is 0 Å². The molecule has 0 spiro atoms. The molecule has 1 unspecified atom stereocenters. The Morgan fingerprint density at radius 3 is 2.26 bits per heavy atom. The van der Waals surface area contributed by atoms with E-state index in [0.29, 0.717) is 18.7 Å². The van der Waals surface area contributed by atoms with Crippen LogP contribution in [0.1, 0.15) is 48.2 Å². The van der Waals surface area contributed by atoms with Crippen LogP contribution in [0.2, 0.25) is 0 Å². The van der Waals surface area contributed by atoms with Crippen molar-refractivity contribution in [3.05, 3.63) is 28.8 Å². The fourth-order valence-electron chi connectivity index (χ4n) is 2.57. The number of carbonyl (C=O) groups excluding carboxylic acids is 2. The molecule has 0 bridgehead atoms. The Hall–Kier alpha value is -1.88. The number of nitrogens with one attached hydrogen (secondary N) is 1. The minimum absolute atomic E-state index is 0.0393. The van der Waals surface area contributed by atoms with Gasteiger partial charge in [-0.15, -0.1) is 0 Å². The third-order valence-corrected chi connectivity index (χ3v) is 3.62. The second-order valence-electron chi connectivity index (χ2n) is 5.52. The summed E-state index contributed by atoms with van der Waals surface area (Å²) in [4.78, 5) is 24.7. The first-order valence-electron chi connectivity index (χ1n) is 8.03. The van der Waals surface area contributed by atoms with E-state index in [1.165, 1.54) is 0 Å². The molecule has 1 aromatic rings. The quantitative estimate of drug-likeness (QED) is 0.560. The summed E-state index contributed by atoms with van der Waals surface area (Å²) in [5.41, 5.74) is 2.33. The second kappa shape index (κ2) is 9.30. The number of methoxy groups -OCH3 is 1. The highest BCUT2D eigenvalue weighted by Gasteiger charge is 2.26. The number of ketones is 1. The summed E-state index contributed by atoms with van der Waals surface area (Å²) in [6, 6.07) is 3.10. The van der Waals surface area contributed by atoms with Gasteiger partial charge in [0.2, 0.25) is 0 Å². The predicted molar refractivity (Wildman–Crippen MR) is 90.1 cm³/mol. The monoisotopic (exact) mass is 321 g/mol. The van der Waals surface area contributed by atoms with Gasteiger partial charge in [0, 0.05) is 5.56 Å². The van der Waals surface area contributed by atoms with E-state index in [1.807, 2.05) is 32.9 Å². The maximum absolute atomic E-state index is 12.9. The smallest absolute Gasteiger partial charge is 0.307 e. The summed E-state index contributed by atoms with van der Waals surface area (Å²) >= 11 is 0.